The van der Waals surface area contributed by atoms with E-state index < -0.39 is 23.8 Å². The van der Waals surface area contributed by atoms with E-state index in [0.29, 0.717) is 0 Å². The van der Waals surface area contributed by atoms with Crippen LogP contribution in [0.15, 0.2) is 0 Å². The van der Waals surface area contributed by atoms with Gasteiger partial charge in [-0.2, -0.15) is 0 Å². The minimum Gasteiger partial charge on any atom is -0.550 e. The van der Waals surface area contributed by atoms with Crippen molar-refractivity contribution in [1.82, 2.24) is 0 Å². The third-order valence-corrected chi connectivity index (χ3v) is 5.18. The van der Waals surface area contributed by atoms with Crippen LogP contribution in [0.1, 0.15) is 12.8 Å². The highest BCUT2D eigenvalue weighted by atomic mass is 79.9. The Morgan fingerprint density at radius 3 is 1.43 bits per heavy atom. The number of carbonyl (C=O) groups excluding carboxylic acids is 2. The molecule has 1 rings (SSSR count). The molecule has 1 fully saturated rings. The van der Waals surface area contributed by atoms with E-state index in [1.807, 2.05) is 0 Å². The second-order valence-electron chi connectivity index (χ2n) is 3.35. The first-order valence-electron chi connectivity index (χ1n) is 4.13. The SMILES string of the molecule is O=C([O-])[C@H]1C[C@@H](Br)[C@@H](Br)C[C@H]1C(=O)[O-]. The summed E-state index contributed by atoms with van der Waals surface area (Å²) >= 11 is 6.58. The Hall–Kier alpha value is -0.100. The highest BCUT2D eigenvalue weighted by molar-refractivity contribution is 9.12. The lowest BCUT2D eigenvalue weighted by atomic mass is 9.79. The smallest absolute Gasteiger partial charge is 0.0452 e. The van der Waals surface area contributed by atoms with Gasteiger partial charge in [-0.25, -0.2) is 0 Å². The van der Waals surface area contributed by atoms with Gasteiger partial charge in [0.1, 0.15) is 0 Å². The fourth-order valence-corrected chi connectivity index (χ4v) is 2.87. The molecule has 1 saturated carbocycles. The summed E-state index contributed by atoms with van der Waals surface area (Å²) in [5, 5.41) is 21.4. The molecule has 0 amide bonds. The normalized spacial score (nSPS) is 37.9. The van der Waals surface area contributed by atoms with Crippen LogP contribution in [0.4, 0.5) is 0 Å². The summed E-state index contributed by atoms with van der Waals surface area (Å²) in [7, 11) is 0. The van der Waals surface area contributed by atoms with Gasteiger partial charge in [0.05, 0.1) is 0 Å². The molecule has 4 atom stereocenters. The van der Waals surface area contributed by atoms with Crippen LogP contribution in [0.2, 0.25) is 0 Å². The summed E-state index contributed by atoms with van der Waals surface area (Å²) < 4.78 is 0. The van der Waals surface area contributed by atoms with E-state index in [0.717, 1.165) is 0 Å². The van der Waals surface area contributed by atoms with Gasteiger partial charge in [-0.1, -0.05) is 31.9 Å². The number of hydrogen-bond donors (Lipinski definition) is 0. The van der Waals surface area contributed by atoms with Gasteiger partial charge in [-0.05, 0) is 12.8 Å². The van der Waals surface area contributed by atoms with Crippen molar-refractivity contribution in [3.05, 3.63) is 0 Å². The average Bonchev–Trinajstić information content (AvgIpc) is 2.08. The number of alkyl halides is 2. The second kappa shape index (κ2) is 4.61. The molecule has 0 aliphatic heterocycles. The van der Waals surface area contributed by atoms with E-state index >= 15 is 0 Å². The quantitative estimate of drug-likeness (QED) is 0.612. The molecule has 1 aliphatic carbocycles. The van der Waals surface area contributed by atoms with Crippen molar-refractivity contribution in [2.24, 2.45) is 11.8 Å². The van der Waals surface area contributed by atoms with Gasteiger partial charge < -0.3 is 19.8 Å². The predicted octanol–water partition coefficient (Wildman–Crippen LogP) is -0.961. The zero-order valence-corrected chi connectivity index (χ0v) is 10.3. The highest BCUT2D eigenvalue weighted by Gasteiger charge is 2.36. The molecule has 1 aliphatic rings. The molecule has 0 unspecified atom stereocenters. The van der Waals surface area contributed by atoms with Crippen molar-refractivity contribution in [1.29, 1.82) is 0 Å². The monoisotopic (exact) mass is 326 g/mol. The average molecular weight is 328 g/mol. The maximum Gasteiger partial charge on any atom is 0.0452 e. The first-order valence-corrected chi connectivity index (χ1v) is 5.96. The molecule has 0 aromatic carbocycles. The van der Waals surface area contributed by atoms with Crippen LogP contribution in [-0.4, -0.2) is 21.6 Å². The standard InChI is InChI=1S/C8H10Br2O4/c9-5-1-3(7(11)12)4(8(13)14)2-6(5)10/h3-6H,1-2H2,(H,11,12)(H,13,14)/p-2/t3-,4+,5+,6-. The Balaban J connectivity index is 2.80. The number of halogens is 2. The number of carboxylic acid groups (broad SMARTS) is 2. The molecule has 0 radical (unpaired) electrons. The maximum absolute atomic E-state index is 10.7. The third kappa shape index (κ3) is 2.48. The van der Waals surface area contributed by atoms with Crippen LogP contribution in [0.5, 0.6) is 0 Å². The van der Waals surface area contributed by atoms with Gasteiger partial charge in [-0.15, -0.1) is 0 Å². The summed E-state index contributed by atoms with van der Waals surface area (Å²) in [5.41, 5.74) is 0. The lowest BCUT2D eigenvalue weighted by molar-refractivity contribution is -0.328. The van der Waals surface area contributed by atoms with E-state index in [4.69, 9.17) is 0 Å². The maximum atomic E-state index is 10.7. The Kier molecular flexibility index (Phi) is 3.94. The van der Waals surface area contributed by atoms with Crippen molar-refractivity contribution in [2.45, 2.75) is 22.5 Å². The van der Waals surface area contributed by atoms with Gasteiger partial charge in [0, 0.05) is 33.4 Å². The van der Waals surface area contributed by atoms with Crippen molar-refractivity contribution in [3.63, 3.8) is 0 Å². The lowest BCUT2D eigenvalue weighted by Gasteiger charge is -2.38. The largest absolute Gasteiger partial charge is 0.550 e. The summed E-state index contributed by atoms with van der Waals surface area (Å²) in [4.78, 5) is 21.3. The molecule has 0 saturated heterocycles. The van der Waals surface area contributed by atoms with E-state index in [1.54, 1.807) is 0 Å². The summed E-state index contributed by atoms with van der Waals surface area (Å²) in [6, 6.07) is 0. The first-order chi connectivity index (χ1) is 6.43. The second-order valence-corrected chi connectivity index (χ2v) is 5.71. The molecule has 4 nitrogen and oxygen atoms in total. The molecule has 80 valence electrons. The summed E-state index contributed by atoms with van der Waals surface area (Å²) in [6.07, 6.45) is 0.494. The number of aliphatic carboxylic acids is 2. The molecule has 0 bridgehead atoms. The molecular weight excluding hydrogens is 320 g/mol. The number of hydrogen-bond acceptors (Lipinski definition) is 4. The van der Waals surface area contributed by atoms with Gasteiger partial charge >= 0.3 is 0 Å². The van der Waals surface area contributed by atoms with E-state index in [-0.39, 0.29) is 22.5 Å². The topological polar surface area (TPSA) is 80.3 Å². The van der Waals surface area contributed by atoms with Crippen LogP contribution in [0.3, 0.4) is 0 Å². The van der Waals surface area contributed by atoms with Crippen molar-refractivity contribution in [2.75, 3.05) is 0 Å². The Bertz CT molecular complexity index is 230. The molecular formula is C8H8Br2O4-2. The Labute approximate surface area is 97.9 Å². The van der Waals surface area contributed by atoms with E-state index in [1.165, 1.54) is 0 Å². The third-order valence-electron chi connectivity index (χ3n) is 2.44. The molecule has 0 aromatic rings. The van der Waals surface area contributed by atoms with Gasteiger partial charge in [0.25, 0.3) is 0 Å². The van der Waals surface area contributed by atoms with E-state index in [9.17, 15) is 19.8 Å². The Morgan fingerprint density at radius 2 is 1.21 bits per heavy atom. The van der Waals surface area contributed by atoms with Gasteiger partial charge in [0.15, 0.2) is 0 Å². The lowest BCUT2D eigenvalue weighted by Crippen LogP contribution is -2.49. The fourth-order valence-electron chi connectivity index (χ4n) is 1.63. The number of carboxylic acids is 2. The van der Waals surface area contributed by atoms with Gasteiger partial charge in [0.2, 0.25) is 0 Å². The molecule has 0 heterocycles. The fraction of sp³-hybridized carbons (Fsp3) is 0.750. The molecule has 0 aromatic heterocycles. The first kappa shape index (κ1) is 12.0. The van der Waals surface area contributed by atoms with Crippen LogP contribution in [0.25, 0.3) is 0 Å². The summed E-state index contributed by atoms with van der Waals surface area (Å²) in [5.74, 6) is -4.55. The van der Waals surface area contributed by atoms with Crippen LogP contribution >= 0.6 is 31.9 Å². The van der Waals surface area contributed by atoms with Crippen molar-refractivity contribution >= 4 is 43.8 Å². The zero-order valence-electron chi connectivity index (χ0n) is 7.11. The molecule has 0 spiro atoms. The van der Waals surface area contributed by atoms with Gasteiger partial charge in [-0.3, -0.25) is 0 Å². The molecule has 14 heavy (non-hydrogen) atoms. The van der Waals surface area contributed by atoms with Crippen LogP contribution in [0, 0.1) is 11.8 Å². The van der Waals surface area contributed by atoms with Crippen LogP contribution in [-0.2, 0) is 9.59 Å². The Morgan fingerprint density at radius 1 is 0.929 bits per heavy atom. The van der Waals surface area contributed by atoms with Crippen molar-refractivity contribution in [3.8, 4) is 0 Å². The summed E-state index contributed by atoms with van der Waals surface area (Å²) in [6.45, 7) is 0. The predicted molar refractivity (Wildman–Crippen MR) is 51.7 cm³/mol. The zero-order chi connectivity index (χ0) is 10.9. The van der Waals surface area contributed by atoms with Crippen LogP contribution < -0.4 is 10.2 Å². The van der Waals surface area contributed by atoms with E-state index in [2.05, 4.69) is 31.9 Å². The number of rotatable bonds is 2. The minimum absolute atomic E-state index is 0.0407. The molecule has 6 heteroatoms. The highest BCUT2D eigenvalue weighted by Crippen LogP contribution is 2.37. The number of carbonyl (C=O) groups is 2. The van der Waals surface area contributed by atoms with Crippen molar-refractivity contribution < 1.29 is 19.8 Å². The molecule has 0 N–H and O–H groups in total. The minimum atomic E-state index is -1.32.